The van der Waals surface area contributed by atoms with Gasteiger partial charge in [-0.05, 0) is 71.0 Å². The molecule has 3 nitrogen and oxygen atoms in total. The monoisotopic (exact) mass is 485 g/mol. The van der Waals surface area contributed by atoms with Crippen molar-refractivity contribution in [3.05, 3.63) is 49.5 Å². The molecular weight excluding hydrogens is 469 g/mol. The minimum absolute atomic E-state index is 0.224. The van der Waals surface area contributed by atoms with Crippen molar-refractivity contribution in [3.8, 4) is 23.8 Å². The van der Waals surface area contributed by atoms with E-state index in [0.717, 1.165) is 19.3 Å². The molecule has 0 unspecified atom stereocenters. The minimum atomic E-state index is 0.224. The fourth-order valence-corrected chi connectivity index (χ4v) is 3.45. The molecule has 0 saturated carbocycles. The quantitative estimate of drug-likeness (QED) is 0.461. The molecule has 0 heterocycles. The number of nitrogens with one attached hydrogen (secondary N) is 1. The first kappa shape index (κ1) is 18.0. The molecule has 120 valence electrons. The van der Waals surface area contributed by atoms with Crippen LogP contribution in [0.15, 0.2) is 34.8 Å². The van der Waals surface area contributed by atoms with Crippen molar-refractivity contribution in [2.24, 2.45) is 0 Å². The fourth-order valence-electron chi connectivity index (χ4n) is 2.15. The molecule has 0 radical (unpaired) electrons. The Morgan fingerprint density at radius 1 is 1.30 bits per heavy atom. The van der Waals surface area contributed by atoms with Gasteiger partial charge in [0.05, 0.1) is 10.7 Å². The maximum absolute atomic E-state index is 5.56. The van der Waals surface area contributed by atoms with Gasteiger partial charge in [-0.1, -0.05) is 21.9 Å². The van der Waals surface area contributed by atoms with Gasteiger partial charge in [-0.3, -0.25) is 0 Å². The third-order valence-corrected chi connectivity index (χ3v) is 4.56. The van der Waals surface area contributed by atoms with Crippen molar-refractivity contribution in [2.75, 3.05) is 19.0 Å². The zero-order valence-corrected chi connectivity index (χ0v) is 16.7. The van der Waals surface area contributed by atoms with Gasteiger partial charge in [-0.2, -0.15) is 0 Å². The van der Waals surface area contributed by atoms with Crippen molar-refractivity contribution < 1.29 is 9.47 Å². The highest BCUT2D eigenvalue weighted by Crippen LogP contribution is 2.34. The Labute approximate surface area is 159 Å². The highest BCUT2D eigenvalue weighted by Gasteiger charge is 2.11. The summed E-state index contributed by atoms with van der Waals surface area (Å²) in [5.74, 6) is 3.85. The average Bonchev–Trinajstić information content (AvgIpc) is 2.52. The lowest BCUT2D eigenvalue weighted by atomic mass is 10.1. The molecule has 2 aromatic rings. The van der Waals surface area contributed by atoms with Crippen molar-refractivity contribution in [2.45, 2.75) is 13.5 Å². The molecule has 0 amide bonds. The molecule has 0 aliphatic rings. The summed E-state index contributed by atoms with van der Waals surface area (Å²) in [6.45, 7) is 3.00. The van der Waals surface area contributed by atoms with Gasteiger partial charge < -0.3 is 14.8 Å². The third kappa shape index (κ3) is 4.79. The Bertz CT molecular complexity index is 741. The number of anilines is 1. The van der Waals surface area contributed by atoms with E-state index in [4.69, 9.17) is 15.9 Å². The van der Waals surface area contributed by atoms with Crippen LogP contribution in [-0.4, -0.2) is 13.7 Å². The second-order valence-electron chi connectivity index (χ2n) is 4.91. The Balaban J connectivity index is 2.17. The van der Waals surface area contributed by atoms with E-state index >= 15 is 0 Å². The molecule has 0 fully saturated rings. The lowest BCUT2D eigenvalue weighted by molar-refractivity contribution is 0.328. The third-order valence-electron chi connectivity index (χ3n) is 3.26. The molecular formula is C18H17BrINO2. The van der Waals surface area contributed by atoms with Gasteiger partial charge in [-0.25, -0.2) is 0 Å². The highest BCUT2D eigenvalue weighted by atomic mass is 127. The lowest BCUT2D eigenvalue weighted by Gasteiger charge is -2.14. The molecule has 0 bridgehead atoms. The van der Waals surface area contributed by atoms with Crippen LogP contribution in [-0.2, 0) is 6.54 Å². The van der Waals surface area contributed by atoms with Crippen LogP contribution in [0.5, 0.6) is 11.5 Å². The Morgan fingerprint density at radius 2 is 2.09 bits per heavy atom. The molecule has 23 heavy (non-hydrogen) atoms. The Hall–Kier alpha value is -1.39. The summed E-state index contributed by atoms with van der Waals surface area (Å²) in [7, 11) is 1.63. The van der Waals surface area contributed by atoms with Gasteiger partial charge in [0.2, 0.25) is 0 Å². The minimum Gasteiger partial charge on any atom is -0.493 e. The number of aryl methyl sites for hydroxylation is 1. The first-order chi connectivity index (χ1) is 11.0. The number of benzene rings is 2. The molecule has 1 N–H and O–H groups in total. The van der Waals surface area contributed by atoms with Crippen LogP contribution in [0.3, 0.4) is 0 Å². The number of methoxy groups -OCH3 is 1. The van der Waals surface area contributed by atoms with Crippen molar-refractivity contribution in [1.29, 1.82) is 0 Å². The predicted octanol–water partition coefficient (Wildman–Crippen LogP) is 4.99. The molecule has 0 aliphatic carbocycles. The second kappa shape index (κ2) is 8.46. The summed E-state index contributed by atoms with van der Waals surface area (Å²) < 4.78 is 13.0. The number of terminal acetylenes is 1. The number of rotatable bonds is 6. The van der Waals surface area contributed by atoms with Crippen LogP contribution in [0.4, 0.5) is 5.69 Å². The number of halogens is 2. The topological polar surface area (TPSA) is 30.5 Å². The smallest absolute Gasteiger partial charge is 0.175 e. The van der Waals surface area contributed by atoms with Gasteiger partial charge in [-0.15, -0.1) is 6.42 Å². The zero-order valence-electron chi connectivity index (χ0n) is 13.0. The molecule has 2 rings (SSSR count). The van der Waals surface area contributed by atoms with Crippen molar-refractivity contribution >= 4 is 44.2 Å². The van der Waals surface area contributed by atoms with Crippen LogP contribution in [0, 0.1) is 22.8 Å². The van der Waals surface area contributed by atoms with Gasteiger partial charge in [0.25, 0.3) is 0 Å². The fraction of sp³-hybridized carbons (Fsp3) is 0.222. The lowest BCUT2D eigenvalue weighted by Crippen LogP contribution is -2.04. The maximum atomic E-state index is 5.56. The normalized spacial score (nSPS) is 10.0. The van der Waals surface area contributed by atoms with E-state index in [1.165, 1.54) is 5.56 Å². The first-order valence-corrected chi connectivity index (χ1v) is 8.85. The molecule has 2 aromatic carbocycles. The standard InChI is InChI=1S/C18H17BrINO2/c1-4-7-23-18-15(20)9-13(10-17(18)22-3)11-21-16-6-5-14(19)8-12(16)2/h1,5-6,8-10,21H,7,11H2,2-3H3. The zero-order chi connectivity index (χ0) is 16.8. The van der Waals surface area contributed by atoms with Gasteiger partial charge in [0.1, 0.15) is 6.61 Å². The second-order valence-corrected chi connectivity index (χ2v) is 6.99. The molecule has 0 aliphatic heterocycles. The summed E-state index contributed by atoms with van der Waals surface area (Å²) in [4.78, 5) is 0. The van der Waals surface area contributed by atoms with E-state index in [9.17, 15) is 0 Å². The SMILES string of the molecule is C#CCOc1c(I)cc(CNc2ccc(Br)cc2C)cc1OC. The summed E-state index contributed by atoms with van der Waals surface area (Å²) in [6, 6.07) is 10.2. The first-order valence-electron chi connectivity index (χ1n) is 6.98. The Kier molecular flexibility index (Phi) is 6.60. The van der Waals surface area contributed by atoms with E-state index in [2.05, 4.69) is 74.9 Å². The van der Waals surface area contributed by atoms with E-state index < -0.39 is 0 Å². The number of ether oxygens (including phenoxy) is 2. The molecule has 5 heteroatoms. The largest absolute Gasteiger partial charge is 0.493 e. The maximum Gasteiger partial charge on any atom is 0.175 e. The summed E-state index contributed by atoms with van der Waals surface area (Å²) in [6.07, 6.45) is 5.25. The molecule has 0 atom stereocenters. The van der Waals surface area contributed by atoms with E-state index in [0.29, 0.717) is 18.0 Å². The van der Waals surface area contributed by atoms with Gasteiger partial charge in [0, 0.05) is 16.7 Å². The summed E-state index contributed by atoms with van der Waals surface area (Å²) >= 11 is 5.71. The summed E-state index contributed by atoms with van der Waals surface area (Å²) in [5.41, 5.74) is 3.41. The van der Waals surface area contributed by atoms with E-state index in [1.54, 1.807) is 7.11 Å². The van der Waals surface area contributed by atoms with E-state index in [1.807, 2.05) is 12.1 Å². The van der Waals surface area contributed by atoms with Crippen LogP contribution < -0.4 is 14.8 Å². The van der Waals surface area contributed by atoms with Crippen LogP contribution >= 0.6 is 38.5 Å². The van der Waals surface area contributed by atoms with Crippen LogP contribution in [0.2, 0.25) is 0 Å². The number of hydrogen-bond donors (Lipinski definition) is 1. The summed E-state index contributed by atoms with van der Waals surface area (Å²) in [5, 5.41) is 3.44. The molecule has 0 saturated heterocycles. The van der Waals surface area contributed by atoms with Gasteiger partial charge >= 0.3 is 0 Å². The average molecular weight is 486 g/mol. The van der Waals surface area contributed by atoms with Crippen LogP contribution in [0.25, 0.3) is 0 Å². The van der Waals surface area contributed by atoms with Crippen LogP contribution in [0.1, 0.15) is 11.1 Å². The number of hydrogen-bond acceptors (Lipinski definition) is 3. The van der Waals surface area contributed by atoms with Crippen molar-refractivity contribution in [3.63, 3.8) is 0 Å². The molecule has 0 aromatic heterocycles. The van der Waals surface area contributed by atoms with E-state index in [-0.39, 0.29) is 6.61 Å². The van der Waals surface area contributed by atoms with Gasteiger partial charge in [0.15, 0.2) is 11.5 Å². The predicted molar refractivity (Wildman–Crippen MR) is 106 cm³/mol. The highest BCUT2D eigenvalue weighted by molar-refractivity contribution is 14.1. The van der Waals surface area contributed by atoms with Crippen molar-refractivity contribution in [1.82, 2.24) is 0 Å². The Morgan fingerprint density at radius 3 is 2.74 bits per heavy atom. The molecule has 0 spiro atoms.